The van der Waals surface area contributed by atoms with E-state index in [1.54, 1.807) is 12.5 Å². The van der Waals surface area contributed by atoms with Gasteiger partial charge >= 0.3 is 0 Å². The second-order valence-electron chi connectivity index (χ2n) is 8.71. The topological polar surface area (TPSA) is 46.6 Å². The average molecular weight is 402 g/mol. The number of hydrogen-bond acceptors (Lipinski definition) is 3. The Hall–Kier alpha value is -3.27. The molecule has 0 saturated heterocycles. The van der Waals surface area contributed by atoms with Crippen molar-refractivity contribution in [2.45, 2.75) is 45.7 Å². The molecule has 154 valence electrons. The van der Waals surface area contributed by atoms with E-state index < -0.39 is 0 Å². The zero-order valence-electron chi connectivity index (χ0n) is 17.7. The van der Waals surface area contributed by atoms with Gasteiger partial charge in [0.05, 0.1) is 25.5 Å². The number of carbonyl (C=O) groups excluding carboxylic acids is 1. The van der Waals surface area contributed by atoms with Gasteiger partial charge in [0, 0.05) is 17.5 Å². The summed E-state index contributed by atoms with van der Waals surface area (Å²) in [5, 5.41) is 1.01. The third-order valence-corrected chi connectivity index (χ3v) is 5.36. The highest BCUT2D eigenvalue weighted by Gasteiger charge is 2.20. The summed E-state index contributed by atoms with van der Waals surface area (Å²) < 4.78 is 11.2. The van der Waals surface area contributed by atoms with E-state index in [4.69, 9.17) is 8.83 Å². The summed E-state index contributed by atoms with van der Waals surface area (Å²) in [4.78, 5) is 15.1. The monoisotopic (exact) mass is 401 g/mol. The number of amides is 1. The predicted octanol–water partition coefficient (Wildman–Crippen LogP) is 6.09. The fraction of sp³-hybridized carbons (Fsp3) is 0.269. The molecule has 0 aliphatic carbocycles. The molecular formula is C26H27NO3. The minimum atomic E-state index is 0.0331. The summed E-state index contributed by atoms with van der Waals surface area (Å²) in [6.07, 6.45) is 3.63. The van der Waals surface area contributed by atoms with Crippen molar-refractivity contribution < 1.29 is 13.6 Å². The van der Waals surface area contributed by atoms with Crippen LogP contribution in [0.15, 0.2) is 82.0 Å². The van der Waals surface area contributed by atoms with Crippen molar-refractivity contribution in [1.29, 1.82) is 0 Å². The lowest BCUT2D eigenvalue weighted by molar-refractivity contribution is -0.132. The molecule has 0 aliphatic rings. The van der Waals surface area contributed by atoms with E-state index in [0.717, 1.165) is 27.9 Å². The van der Waals surface area contributed by atoms with Gasteiger partial charge in [0.15, 0.2) is 0 Å². The number of furan rings is 2. The Labute approximate surface area is 177 Å². The number of hydrogen-bond donors (Lipinski definition) is 0. The summed E-state index contributed by atoms with van der Waals surface area (Å²) in [6.45, 7) is 7.52. The lowest BCUT2D eigenvalue weighted by Gasteiger charge is -2.22. The lowest BCUT2D eigenvalue weighted by Crippen LogP contribution is -2.31. The van der Waals surface area contributed by atoms with E-state index in [0.29, 0.717) is 13.1 Å². The minimum absolute atomic E-state index is 0.0331. The molecule has 0 unspecified atom stereocenters. The van der Waals surface area contributed by atoms with E-state index >= 15 is 0 Å². The summed E-state index contributed by atoms with van der Waals surface area (Å²) >= 11 is 0. The minimum Gasteiger partial charge on any atom is -0.467 e. The van der Waals surface area contributed by atoms with Gasteiger partial charge < -0.3 is 13.7 Å². The van der Waals surface area contributed by atoms with E-state index in [9.17, 15) is 4.79 Å². The molecule has 0 saturated carbocycles. The van der Waals surface area contributed by atoms with Gasteiger partial charge in [-0.25, -0.2) is 0 Å². The van der Waals surface area contributed by atoms with Gasteiger partial charge in [-0.05, 0) is 40.8 Å². The van der Waals surface area contributed by atoms with Crippen LogP contribution in [0.5, 0.6) is 0 Å². The Morgan fingerprint density at radius 1 is 0.933 bits per heavy atom. The fourth-order valence-corrected chi connectivity index (χ4v) is 3.59. The predicted molar refractivity (Wildman–Crippen MR) is 118 cm³/mol. The van der Waals surface area contributed by atoms with Crippen LogP contribution in [-0.4, -0.2) is 10.8 Å². The van der Waals surface area contributed by atoms with Crippen molar-refractivity contribution in [1.82, 2.24) is 4.90 Å². The van der Waals surface area contributed by atoms with Gasteiger partial charge in [0.1, 0.15) is 11.3 Å². The van der Waals surface area contributed by atoms with Gasteiger partial charge in [-0.15, -0.1) is 0 Å². The Morgan fingerprint density at radius 3 is 2.43 bits per heavy atom. The van der Waals surface area contributed by atoms with Crippen LogP contribution >= 0.6 is 0 Å². The summed E-state index contributed by atoms with van der Waals surface area (Å²) in [7, 11) is 0. The molecule has 4 nitrogen and oxygen atoms in total. The van der Waals surface area contributed by atoms with Crippen LogP contribution in [0.25, 0.3) is 11.0 Å². The van der Waals surface area contributed by atoms with Gasteiger partial charge in [-0.3, -0.25) is 4.79 Å². The summed E-state index contributed by atoms with van der Waals surface area (Å²) in [5.74, 6) is 0.811. The fourth-order valence-electron chi connectivity index (χ4n) is 3.59. The van der Waals surface area contributed by atoms with Crippen LogP contribution in [-0.2, 0) is 29.7 Å². The molecule has 2 heterocycles. The van der Waals surface area contributed by atoms with Crippen LogP contribution in [0.1, 0.15) is 43.2 Å². The molecule has 2 aromatic carbocycles. The number of fused-ring (bicyclic) bond motifs is 1. The molecule has 30 heavy (non-hydrogen) atoms. The van der Waals surface area contributed by atoms with Crippen LogP contribution in [0, 0.1) is 0 Å². The zero-order valence-corrected chi connectivity index (χ0v) is 17.7. The standard InChI is InChI=1S/C26H27NO3/c1-26(2,3)21-11-12-24-23(15-21)20(18-30-24)14-25(28)27(17-22-10-7-13-29-22)16-19-8-5-4-6-9-19/h4-13,15,18H,14,16-17H2,1-3H3. The normalized spacial score (nSPS) is 11.7. The summed E-state index contributed by atoms with van der Waals surface area (Å²) in [5.41, 5.74) is 4.07. The molecule has 0 N–H and O–H groups in total. The first-order valence-electron chi connectivity index (χ1n) is 10.2. The maximum Gasteiger partial charge on any atom is 0.227 e. The Bertz CT molecular complexity index is 1120. The van der Waals surface area contributed by atoms with E-state index in [-0.39, 0.29) is 17.7 Å². The molecule has 0 radical (unpaired) electrons. The van der Waals surface area contributed by atoms with E-state index in [1.165, 1.54) is 5.56 Å². The lowest BCUT2D eigenvalue weighted by atomic mass is 9.86. The third kappa shape index (κ3) is 4.48. The third-order valence-electron chi connectivity index (χ3n) is 5.36. The van der Waals surface area contributed by atoms with Gasteiger partial charge in [-0.1, -0.05) is 57.2 Å². The Morgan fingerprint density at radius 2 is 1.73 bits per heavy atom. The molecule has 4 rings (SSSR count). The molecule has 0 bridgehead atoms. The highest BCUT2D eigenvalue weighted by atomic mass is 16.3. The van der Waals surface area contributed by atoms with E-state index in [2.05, 4.69) is 32.9 Å². The van der Waals surface area contributed by atoms with Crippen molar-refractivity contribution >= 4 is 16.9 Å². The maximum atomic E-state index is 13.3. The SMILES string of the molecule is CC(C)(C)c1ccc2occ(CC(=O)N(Cc3ccccc3)Cc3ccco3)c2c1. The van der Waals surface area contributed by atoms with Crippen molar-refractivity contribution in [3.05, 3.63) is 95.6 Å². The summed E-state index contributed by atoms with van der Waals surface area (Å²) in [6, 6.07) is 20.0. The van der Waals surface area contributed by atoms with Crippen LogP contribution in [0.4, 0.5) is 0 Å². The molecule has 1 amide bonds. The first kappa shape index (κ1) is 20.0. The molecular weight excluding hydrogens is 374 g/mol. The number of nitrogens with zero attached hydrogens (tertiary/aromatic N) is 1. The molecule has 4 aromatic rings. The zero-order chi connectivity index (χ0) is 21.1. The van der Waals surface area contributed by atoms with Gasteiger partial charge in [-0.2, -0.15) is 0 Å². The quantitative estimate of drug-likeness (QED) is 0.392. The Kier molecular flexibility index (Phi) is 5.49. The first-order valence-corrected chi connectivity index (χ1v) is 10.2. The first-order chi connectivity index (χ1) is 14.4. The number of benzene rings is 2. The van der Waals surface area contributed by atoms with Gasteiger partial charge in [0.2, 0.25) is 5.91 Å². The largest absolute Gasteiger partial charge is 0.467 e. The second kappa shape index (κ2) is 8.23. The van der Waals surface area contributed by atoms with E-state index in [1.807, 2.05) is 53.4 Å². The average Bonchev–Trinajstić information content (AvgIpc) is 3.37. The van der Waals surface area contributed by atoms with Crippen molar-refractivity contribution in [3.63, 3.8) is 0 Å². The molecule has 2 aromatic heterocycles. The molecule has 0 atom stereocenters. The Balaban J connectivity index is 1.60. The van der Waals surface area contributed by atoms with Crippen molar-refractivity contribution in [3.8, 4) is 0 Å². The van der Waals surface area contributed by atoms with Gasteiger partial charge in [0.25, 0.3) is 0 Å². The van der Waals surface area contributed by atoms with Crippen LogP contribution in [0.2, 0.25) is 0 Å². The number of carbonyl (C=O) groups is 1. The maximum absolute atomic E-state index is 13.3. The molecule has 0 aliphatic heterocycles. The highest BCUT2D eigenvalue weighted by molar-refractivity contribution is 5.88. The van der Waals surface area contributed by atoms with Crippen molar-refractivity contribution in [2.24, 2.45) is 0 Å². The molecule has 4 heteroatoms. The number of rotatable bonds is 6. The highest BCUT2D eigenvalue weighted by Crippen LogP contribution is 2.29. The van der Waals surface area contributed by atoms with Crippen LogP contribution in [0.3, 0.4) is 0 Å². The molecule has 0 fully saturated rings. The van der Waals surface area contributed by atoms with Crippen molar-refractivity contribution in [2.75, 3.05) is 0 Å². The second-order valence-corrected chi connectivity index (χ2v) is 8.71. The van der Waals surface area contributed by atoms with Crippen LogP contribution < -0.4 is 0 Å². The smallest absolute Gasteiger partial charge is 0.227 e. The molecule has 0 spiro atoms.